The molecule has 0 spiro atoms. The number of benzene rings is 24. The maximum absolute atomic E-state index is 2.47. The standard InChI is InChI=1S/C73H61GeN.C73H61NSi/c1-73(2,3)56-22-16-20-54(48-56)65-46-44-63(69-26-12-14-28-71(65)69)52-32-38-59(39-33-52)75(58-36-30-51(31-37-58)62-43-42-61(50-18-8-7-9-19-50)67-24-10-11-25-68(62)67)60-40-34-53(35-41-60)64-45-47-66(72-29-15-13-27-70(64)72)55-21-17-23-57(49-55)74(4,5)6;1-73(2,3)68-14-10-13-58(49-68)64-26-20-57-18-24-62(46-67(57)48-64)53-31-39-71(40-32-53)74(69-35-27-51(28-36-69)60-22-16-55-15-21-59(43-65(55)44-60)50-11-8-7-9-12-50)70-37-29-52(30-38-70)61-23-17-56-19-25-63(47-66(56)45-61)54-33-41-72(42-34-54)75(4,5)6/h2*7-49H,1-6H3. The number of anilines is 6. The van der Waals surface area contributed by atoms with Crippen LogP contribution >= 0.6 is 0 Å². The first-order valence-corrected chi connectivity index (χ1v) is 63.6. The van der Waals surface area contributed by atoms with Crippen LogP contribution in [0.2, 0.25) is 36.9 Å². The van der Waals surface area contributed by atoms with E-state index in [4.69, 9.17) is 0 Å². The Morgan fingerprint density at radius 2 is 0.373 bits per heavy atom. The third-order valence-corrected chi connectivity index (χ3v) is 36.7. The first-order chi connectivity index (χ1) is 72.8. The largest absolute Gasteiger partial charge is 0.311 e. The molecule has 0 aliphatic rings. The fourth-order valence-corrected chi connectivity index (χ4v) is 25.4. The van der Waals surface area contributed by atoms with E-state index in [1.165, 1.54) is 219 Å². The molecule has 0 N–H and O–H groups in total. The van der Waals surface area contributed by atoms with Crippen LogP contribution in [0.25, 0.3) is 198 Å². The second-order valence-corrected chi connectivity index (χ2v) is 60.2. The van der Waals surface area contributed by atoms with Crippen molar-refractivity contribution in [2.45, 2.75) is 89.3 Å². The topological polar surface area (TPSA) is 6.48 Å². The van der Waals surface area contributed by atoms with Gasteiger partial charge in [-0.05, 0) is 284 Å². The molecule has 0 saturated heterocycles. The SMILES string of the molecule is CC(C)(C)c1cccc(-c2ccc(-c3ccc(N(c4ccc(-c5ccc(-c6ccccc6)c6ccccc56)cc4)c4ccc(-c5ccc(-c6ccc[c]([Ge]([CH3])([CH3])[CH3])c6)c6ccccc56)cc4)cc3)c3ccccc23)c1.CC(C)(C)c1cccc(-c2ccc3ccc(-c4ccc(N(c5ccc(-c6ccc7ccc(-c8ccccc8)cc7c6)cc5)c5ccc(-c6ccc7ccc(-c8ccc([Si](C)(C)C)cc8)cc7c6)cc5)cc4)cc3c2)c1. The van der Waals surface area contributed by atoms with Gasteiger partial charge in [0, 0.05) is 28.4 Å². The second-order valence-electron chi connectivity index (χ2n) is 44.5. The monoisotopic (exact) mass is 2000 g/mol. The van der Waals surface area contributed by atoms with Gasteiger partial charge in [-0.25, -0.2) is 0 Å². The Labute approximate surface area is 888 Å². The summed E-state index contributed by atoms with van der Waals surface area (Å²) in [7, 11) is -1.37. The summed E-state index contributed by atoms with van der Waals surface area (Å²) in [4.78, 5) is 4.77. The van der Waals surface area contributed by atoms with Crippen LogP contribution in [0.15, 0.2) is 522 Å². The van der Waals surface area contributed by atoms with Crippen LogP contribution in [0.4, 0.5) is 34.1 Å². The van der Waals surface area contributed by atoms with Crippen molar-refractivity contribution < 1.29 is 0 Å². The first-order valence-electron chi connectivity index (χ1n) is 52.8. The zero-order valence-electron chi connectivity index (χ0n) is 87.5. The third kappa shape index (κ3) is 20.0. The summed E-state index contributed by atoms with van der Waals surface area (Å²) in [5, 5.41) is 16.5. The van der Waals surface area contributed by atoms with E-state index in [-0.39, 0.29) is 10.8 Å². The van der Waals surface area contributed by atoms with Gasteiger partial charge >= 0.3 is 163 Å². The van der Waals surface area contributed by atoms with Gasteiger partial charge in [0.15, 0.2) is 0 Å². The molecule has 0 unspecified atom stereocenters. The van der Waals surface area contributed by atoms with Crippen molar-refractivity contribution in [3.05, 3.63) is 533 Å². The maximum Gasteiger partial charge on any atom is 0.0775 e. The molecule has 150 heavy (non-hydrogen) atoms. The van der Waals surface area contributed by atoms with Crippen molar-refractivity contribution in [2.75, 3.05) is 9.80 Å². The molecule has 0 amide bonds. The number of nitrogens with zero attached hydrogens (tertiary/aromatic N) is 2. The van der Waals surface area contributed by atoms with Crippen LogP contribution in [0.5, 0.6) is 0 Å². The zero-order valence-corrected chi connectivity index (χ0v) is 90.6. The molecule has 724 valence electrons. The zero-order chi connectivity index (χ0) is 103. The van der Waals surface area contributed by atoms with Gasteiger partial charge < -0.3 is 4.90 Å². The van der Waals surface area contributed by atoms with Crippen LogP contribution in [-0.4, -0.2) is 21.3 Å². The minimum atomic E-state index is -2.03. The molecule has 0 atom stereocenters. The van der Waals surface area contributed by atoms with E-state index < -0.39 is 21.3 Å². The van der Waals surface area contributed by atoms with Gasteiger partial charge in [-0.15, -0.1) is 0 Å². The van der Waals surface area contributed by atoms with E-state index in [9.17, 15) is 0 Å². The smallest absolute Gasteiger partial charge is 0.0775 e. The molecule has 24 rings (SSSR count). The van der Waals surface area contributed by atoms with Crippen LogP contribution in [0.3, 0.4) is 0 Å². The molecule has 0 aromatic heterocycles. The summed E-state index contributed by atoms with van der Waals surface area (Å²) in [6.07, 6.45) is 0. The predicted octanol–water partition coefficient (Wildman–Crippen LogP) is 40.9. The molecular formula is C146H122GeN2Si. The molecule has 0 aliphatic carbocycles. The van der Waals surface area contributed by atoms with Gasteiger partial charge in [0.05, 0.1) is 8.07 Å². The average molecular weight is 2010 g/mol. The molecule has 24 aromatic carbocycles. The number of fused-ring (bicyclic) bond motifs is 6. The van der Waals surface area contributed by atoms with Crippen molar-refractivity contribution >= 4 is 130 Å². The van der Waals surface area contributed by atoms with E-state index in [1.807, 2.05) is 0 Å². The molecule has 0 fully saturated rings. The van der Waals surface area contributed by atoms with Crippen molar-refractivity contribution in [1.29, 1.82) is 0 Å². The number of hydrogen-bond donors (Lipinski definition) is 0. The summed E-state index contributed by atoms with van der Waals surface area (Å²) in [5.74, 6) is 7.41. The van der Waals surface area contributed by atoms with Gasteiger partial charge in [-0.3, -0.25) is 0 Å². The Morgan fingerprint density at radius 1 is 0.167 bits per heavy atom. The quantitative estimate of drug-likeness (QED) is 0.0702. The Kier molecular flexibility index (Phi) is 26.1. The summed E-state index contributed by atoms with van der Waals surface area (Å²) in [6.45, 7) is 20.9. The van der Waals surface area contributed by atoms with Crippen LogP contribution in [-0.2, 0) is 10.8 Å². The summed E-state index contributed by atoms with van der Waals surface area (Å²) in [5.41, 5.74) is 38.8. The van der Waals surface area contributed by atoms with Gasteiger partial charge in [0.25, 0.3) is 0 Å². The number of hydrogen-bond acceptors (Lipinski definition) is 2. The molecule has 24 aromatic rings. The van der Waals surface area contributed by atoms with Crippen molar-refractivity contribution in [3.63, 3.8) is 0 Å². The summed E-state index contributed by atoms with van der Waals surface area (Å²) >= 11 is -2.03. The Balaban J connectivity index is 0.000000164. The van der Waals surface area contributed by atoms with Crippen LogP contribution < -0.4 is 19.4 Å². The van der Waals surface area contributed by atoms with E-state index in [0.717, 1.165) is 34.1 Å². The van der Waals surface area contributed by atoms with Crippen molar-refractivity contribution in [2.24, 2.45) is 0 Å². The molecule has 0 radical (unpaired) electrons. The average Bonchev–Trinajstić information content (AvgIpc) is 0.762. The minimum Gasteiger partial charge on any atom is -0.311 e. The van der Waals surface area contributed by atoms with Crippen molar-refractivity contribution in [1.82, 2.24) is 0 Å². The van der Waals surface area contributed by atoms with Crippen LogP contribution in [0, 0.1) is 0 Å². The fourth-order valence-electron chi connectivity index (χ4n) is 21.8. The van der Waals surface area contributed by atoms with Gasteiger partial charge in [-0.2, -0.15) is 0 Å². The normalized spacial score (nSPS) is 11.9. The van der Waals surface area contributed by atoms with E-state index in [1.54, 1.807) is 0 Å². The number of rotatable bonds is 20. The fraction of sp³-hybridized carbons (Fsp3) is 0.0959. The summed E-state index contributed by atoms with van der Waals surface area (Å²) < 4.78 is 1.52. The molecular weight excluding hydrogens is 1880 g/mol. The molecule has 0 heterocycles. The molecule has 2 nitrogen and oxygen atoms in total. The second kappa shape index (κ2) is 40.4. The van der Waals surface area contributed by atoms with E-state index in [2.05, 4.69) is 610 Å². The van der Waals surface area contributed by atoms with Crippen molar-refractivity contribution in [3.8, 4) is 134 Å². The first kappa shape index (κ1) is 96.6. The van der Waals surface area contributed by atoms with Gasteiger partial charge in [0.1, 0.15) is 0 Å². The van der Waals surface area contributed by atoms with E-state index in [0.29, 0.717) is 0 Å². The summed E-state index contributed by atoms with van der Waals surface area (Å²) in [6, 6.07) is 194. The predicted molar refractivity (Wildman–Crippen MR) is 656 cm³/mol. The maximum atomic E-state index is 2.47. The third-order valence-electron chi connectivity index (χ3n) is 30.4. The Hall–Kier alpha value is -16.8. The molecule has 0 bridgehead atoms. The van der Waals surface area contributed by atoms with Crippen LogP contribution in [0.1, 0.15) is 52.7 Å². The molecule has 4 heteroatoms. The minimum absolute atomic E-state index is 0.0673. The molecule has 0 saturated carbocycles. The Bertz CT molecular complexity index is 8960. The Morgan fingerprint density at radius 3 is 0.660 bits per heavy atom. The molecule has 0 aliphatic heterocycles. The van der Waals surface area contributed by atoms with Gasteiger partial charge in [-0.1, -0.05) is 406 Å². The van der Waals surface area contributed by atoms with Gasteiger partial charge in [0.2, 0.25) is 0 Å². The van der Waals surface area contributed by atoms with E-state index >= 15 is 0 Å².